The van der Waals surface area contributed by atoms with Crippen molar-refractivity contribution < 1.29 is 13.2 Å². The Morgan fingerprint density at radius 2 is 1.58 bits per heavy atom. The van der Waals surface area contributed by atoms with E-state index < -0.39 is 22.0 Å². The van der Waals surface area contributed by atoms with Gasteiger partial charge in [-0.25, -0.2) is 13.4 Å². The lowest BCUT2D eigenvalue weighted by Gasteiger charge is -2.19. The quantitative estimate of drug-likeness (QED) is 0.510. The summed E-state index contributed by atoms with van der Waals surface area (Å²) >= 11 is 1.31. The minimum atomic E-state index is -3.83. The van der Waals surface area contributed by atoms with Crippen molar-refractivity contribution in [2.75, 3.05) is 5.32 Å². The lowest BCUT2D eigenvalue weighted by molar-refractivity contribution is -0.118. The number of nitrogens with one attached hydrogen (secondary N) is 2. The molecule has 0 bridgehead atoms. The molecule has 2 N–H and O–H groups in total. The van der Waals surface area contributed by atoms with Gasteiger partial charge in [0.05, 0.1) is 10.6 Å². The number of carbonyl (C=O) groups is 1. The molecule has 0 spiro atoms. The van der Waals surface area contributed by atoms with E-state index in [4.69, 9.17) is 0 Å². The Labute approximate surface area is 187 Å². The predicted molar refractivity (Wildman–Crippen MR) is 126 cm³/mol. The van der Waals surface area contributed by atoms with Gasteiger partial charge in [-0.3, -0.25) is 4.79 Å². The first-order chi connectivity index (χ1) is 14.6. The molecule has 3 aromatic rings. The average Bonchev–Trinajstić information content (AvgIpc) is 3.16. The number of benzene rings is 2. The third-order valence-electron chi connectivity index (χ3n) is 4.73. The molecule has 1 aromatic heterocycles. The number of amides is 1. The number of aryl methyl sites for hydroxylation is 2. The molecule has 164 valence electrons. The lowest BCUT2D eigenvalue weighted by atomic mass is 10.0. The number of thiazole rings is 1. The standard InChI is InChI=1S/C23H27N3O3S2/c1-15(2)13-20(26-31(28,29)19-11-7-17(4)8-12-19)22(27)25-23-24-21(14-30-23)18-9-5-16(3)6-10-18/h5-12,14-15,20,26H,13H2,1-4H3,(H,24,25,27)/t20-/m0/s1. The van der Waals surface area contributed by atoms with Crippen LogP contribution in [0.2, 0.25) is 0 Å². The van der Waals surface area contributed by atoms with Gasteiger partial charge in [0.15, 0.2) is 5.13 Å². The highest BCUT2D eigenvalue weighted by molar-refractivity contribution is 7.89. The summed E-state index contributed by atoms with van der Waals surface area (Å²) in [5.74, 6) is -0.301. The Kier molecular flexibility index (Phi) is 7.25. The minimum absolute atomic E-state index is 0.121. The van der Waals surface area contributed by atoms with Gasteiger partial charge in [-0.1, -0.05) is 61.4 Å². The van der Waals surface area contributed by atoms with Crippen LogP contribution in [0.15, 0.2) is 58.8 Å². The fourth-order valence-electron chi connectivity index (χ4n) is 3.03. The van der Waals surface area contributed by atoms with E-state index in [0.29, 0.717) is 11.6 Å². The highest BCUT2D eigenvalue weighted by atomic mass is 32.2. The number of anilines is 1. The van der Waals surface area contributed by atoms with Crippen LogP contribution in [-0.2, 0) is 14.8 Å². The summed E-state index contributed by atoms with van der Waals surface area (Å²) < 4.78 is 28.2. The van der Waals surface area contributed by atoms with E-state index >= 15 is 0 Å². The number of sulfonamides is 1. The summed E-state index contributed by atoms with van der Waals surface area (Å²) in [6.45, 7) is 7.79. The van der Waals surface area contributed by atoms with Gasteiger partial charge in [0.1, 0.15) is 6.04 Å². The van der Waals surface area contributed by atoms with Crippen LogP contribution in [0.4, 0.5) is 5.13 Å². The van der Waals surface area contributed by atoms with Crippen molar-refractivity contribution in [1.29, 1.82) is 0 Å². The SMILES string of the molecule is Cc1ccc(-c2csc(NC(=O)[C@H](CC(C)C)NS(=O)(=O)c3ccc(C)cc3)n2)cc1. The van der Waals surface area contributed by atoms with Gasteiger partial charge in [0, 0.05) is 10.9 Å². The number of carbonyl (C=O) groups excluding carboxylic acids is 1. The molecule has 0 unspecified atom stereocenters. The number of hydrogen-bond donors (Lipinski definition) is 2. The first kappa shape index (κ1) is 23.1. The highest BCUT2D eigenvalue weighted by Crippen LogP contribution is 2.25. The fourth-order valence-corrected chi connectivity index (χ4v) is 4.96. The molecule has 0 saturated carbocycles. The second kappa shape index (κ2) is 9.72. The zero-order chi connectivity index (χ0) is 22.6. The van der Waals surface area contributed by atoms with E-state index in [0.717, 1.165) is 22.4 Å². The maximum absolute atomic E-state index is 12.9. The fraction of sp³-hybridized carbons (Fsp3) is 0.304. The number of hydrogen-bond acceptors (Lipinski definition) is 5. The van der Waals surface area contributed by atoms with Crippen LogP contribution in [0.5, 0.6) is 0 Å². The molecule has 0 aliphatic rings. The van der Waals surface area contributed by atoms with Crippen molar-refractivity contribution in [2.45, 2.75) is 45.1 Å². The monoisotopic (exact) mass is 457 g/mol. The second-order valence-corrected chi connectivity index (χ2v) is 10.6. The summed E-state index contributed by atoms with van der Waals surface area (Å²) in [5, 5.41) is 5.08. The number of aromatic nitrogens is 1. The van der Waals surface area contributed by atoms with Crippen molar-refractivity contribution >= 4 is 32.4 Å². The van der Waals surface area contributed by atoms with Crippen molar-refractivity contribution in [3.8, 4) is 11.3 Å². The van der Waals surface area contributed by atoms with Crippen LogP contribution < -0.4 is 10.0 Å². The number of nitrogens with zero attached hydrogens (tertiary/aromatic N) is 1. The maximum atomic E-state index is 12.9. The van der Waals surface area contributed by atoms with Gasteiger partial charge in [-0.15, -0.1) is 11.3 Å². The first-order valence-electron chi connectivity index (χ1n) is 10.1. The first-order valence-corrected chi connectivity index (χ1v) is 12.4. The summed E-state index contributed by atoms with van der Waals surface area (Å²) in [6.07, 6.45) is 0.368. The molecule has 0 saturated heterocycles. The molecule has 6 nitrogen and oxygen atoms in total. The lowest BCUT2D eigenvalue weighted by Crippen LogP contribution is -2.44. The zero-order valence-electron chi connectivity index (χ0n) is 18.0. The van der Waals surface area contributed by atoms with Crippen LogP contribution in [0.25, 0.3) is 11.3 Å². The van der Waals surface area contributed by atoms with E-state index in [1.165, 1.54) is 23.5 Å². The Morgan fingerprint density at radius 3 is 2.16 bits per heavy atom. The van der Waals surface area contributed by atoms with E-state index in [2.05, 4.69) is 15.0 Å². The predicted octanol–water partition coefficient (Wildman–Crippen LogP) is 4.76. The third-order valence-corrected chi connectivity index (χ3v) is 6.98. The molecule has 0 aliphatic carbocycles. The molecule has 1 amide bonds. The van der Waals surface area contributed by atoms with E-state index in [1.807, 2.05) is 57.3 Å². The second-order valence-electron chi connectivity index (χ2n) is 8.01. The van der Waals surface area contributed by atoms with E-state index in [9.17, 15) is 13.2 Å². The maximum Gasteiger partial charge on any atom is 0.244 e. The molecule has 8 heteroatoms. The molecule has 1 atom stereocenters. The molecule has 0 radical (unpaired) electrons. The molecule has 2 aromatic carbocycles. The van der Waals surface area contributed by atoms with Gasteiger partial charge in [0.25, 0.3) is 0 Å². The smallest absolute Gasteiger partial charge is 0.244 e. The van der Waals surface area contributed by atoms with Crippen LogP contribution in [0.3, 0.4) is 0 Å². The van der Waals surface area contributed by atoms with Crippen molar-refractivity contribution in [3.63, 3.8) is 0 Å². The van der Waals surface area contributed by atoms with E-state index in [-0.39, 0.29) is 10.8 Å². The molecular formula is C23H27N3O3S2. The molecule has 31 heavy (non-hydrogen) atoms. The van der Waals surface area contributed by atoms with Crippen molar-refractivity contribution in [1.82, 2.24) is 9.71 Å². The summed E-state index contributed by atoms with van der Waals surface area (Å²) in [5.41, 5.74) is 3.84. The van der Waals surface area contributed by atoms with Crippen LogP contribution >= 0.6 is 11.3 Å². The summed E-state index contributed by atoms with van der Waals surface area (Å²) in [7, 11) is -3.83. The summed E-state index contributed by atoms with van der Waals surface area (Å²) in [6, 6.07) is 13.6. The van der Waals surface area contributed by atoms with Gasteiger partial charge in [-0.05, 0) is 38.3 Å². The van der Waals surface area contributed by atoms with Gasteiger partial charge < -0.3 is 5.32 Å². The van der Waals surface area contributed by atoms with Crippen LogP contribution in [-0.4, -0.2) is 25.4 Å². The van der Waals surface area contributed by atoms with E-state index in [1.54, 1.807) is 12.1 Å². The molecule has 0 aliphatic heterocycles. The van der Waals surface area contributed by atoms with Crippen molar-refractivity contribution in [3.05, 3.63) is 65.0 Å². The van der Waals surface area contributed by atoms with Crippen molar-refractivity contribution in [2.24, 2.45) is 5.92 Å². The molecular weight excluding hydrogens is 430 g/mol. The zero-order valence-corrected chi connectivity index (χ0v) is 19.7. The Bertz CT molecular complexity index is 1140. The minimum Gasteiger partial charge on any atom is -0.301 e. The van der Waals surface area contributed by atoms with Gasteiger partial charge in [0.2, 0.25) is 15.9 Å². The molecule has 1 heterocycles. The normalized spacial score (nSPS) is 12.7. The summed E-state index contributed by atoms with van der Waals surface area (Å²) in [4.78, 5) is 17.6. The molecule has 3 rings (SSSR count). The largest absolute Gasteiger partial charge is 0.301 e. The van der Waals surface area contributed by atoms with Crippen LogP contribution in [0.1, 0.15) is 31.4 Å². The average molecular weight is 458 g/mol. The third kappa shape index (κ3) is 6.22. The Hall–Kier alpha value is -2.55. The van der Waals surface area contributed by atoms with Gasteiger partial charge >= 0.3 is 0 Å². The Balaban J connectivity index is 1.76. The topological polar surface area (TPSA) is 88.2 Å². The van der Waals surface area contributed by atoms with Gasteiger partial charge in [-0.2, -0.15) is 4.72 Å². The van der Waals surface area contributed by atoms with Crippen LogP contribution in [0, 0.1) is 19.8 Å². The number of rotatable bonds is 8. The Morgan fingerprint density at radius 1 is 1.00 bits per heavy atom. The molecule has 0 fully saturated rings. The highest BCUT2D eigenvalue weighted by Gasteiger charge is 2.27.